The molecule has 0 unspecified atom stereocenters. The molecular weight excluding hydrogens is 398 g/mol. The first kappa shape index (κ1) is 18.6. The summed E-state index contributed by atoms with van der Waals surface area (Å²) in [6.07, 6.45) is 4.19. The number of H-pyrrole nitrogens is 1. The Morgan fingerprint density at radius 1 is 1.23 bits per heavy atom. The third-order valence-corrected chi connectivity index (χ3v) is 6.37. The normalized spacial score (nSPS) is 15.9. The summed E-state index contributed by atoms with van der Waals surface area (Å²) in [5.41, 5.74) is 2.30. The number of fused-ring (bicyclic) bond motifs is 2. The van der Waals surface area contributed by atoms with Gasteiger partial charge in [0, 0.05) is 28.5 Å². The van der Waals surface area contributed by atoms with Crippen molar-refractivity contribution in [3.05, 3.63) is 76.6 Å². The van der Waals surface area contributed by atoms with Gasteiger partial charge in [-0.15, -0.1) is 11.3 Å². The molecule has 0 aliphatic carbocycles. The number of carbonyl (C=O) groups is 2. The van der Waals surface area contributed by atoms with Crippen LogP contribution < -0.4 is 5.32 Å². The van der Waals surface area contributed by atoms with E-state index in [0.29, 0.717) is 25.3 Å². The summed E-state index contributed by atoms with van der Waals surface area (Å²) in [5.74, 6) is -0.213. The van der Waals surface area contributed by atoms with Crippen LogP contribution in [0.1, 0.15) is 27.1 Å². The lowest BCUT2D eigenvalue weighted by Gasteiger charge is -2.33. The third-order valence-electron chi connectivity index (χ3n) is 5.43. The summed E-state index contributed by atoms with van der Waals surface area (Å²) in [7, 11) is 0. The van der Waals surface area contributed by atoms with E-state index < -0.39 is 6.04 Å². The third kappa shape index (κ3) is 3.50. The first-order chi connectivity index (χ1) is 14.7. The van der Waals surface area contributed by atoms with Crippen molar-refractivity contribution in [1.29, 1.82) is 0 Å². The highest BCUT2D eigenvalue weighted by Gasteiger charge is 2.33. The number of benzene rings is 1. The van der Waals surface area contributed by atoms with Crippen LogP contribution in [0.2, 0.25) is 0 Å². The number of amides is 2. The van der Waals surface area contributed by atoms with E-state index in [4.69, 9.17) is 0 Å². The molecule has 0 saturated carbocycles. The summed E-state index contributed by atoms with van der Waals surface area (Å²) >= 11 is 1.68. The monoisotopic (exact) mass is 419 g/mol. The topological polar surface area (TPSA) is 83.0 Å². The Kier molecular flexibility index (Phi) is 4.84. The van der Waals surface area contributed by atoms with Gasteiger partial charge in [0.15, 0.2) is 0 Å². The second kappa shape index (κ2) is 7.79. The predicted molar refractivity (Wildman–Crippen MR) is 115 cm³/mol. The molecule has 3 aromatic heterocycles. The van der Waals surface area contributed by atoms with Crippen LogP contribution in [0.25, 0.3) is 10.9 Å². The van der Waals surface area contributed by atoms with Gasteiger partial charge in [-0.2, -0.15) is 0 Å². The number of hydrogen-bond donors (Lipinski definition) is 2. The highest BCUT2D eigenvalue weighted by atomic mass is 32.1. The number of aromatic nitrogens is 3. The van der Waals surface area contributed by atoms with Gasteiger partial charge in [-0.25, -0.2) is 4.98 Å². The molecule has 30 heavy (non-hydrogen) atoms. The van der Waals surface area contributed by atoms with Gasteiger partial charge >= 0.3 is 0 Å². The van der Waals surface area contributed by atoms with Gasteiger partial charge in [0.05, 0.1) is 25.1 Å². The average Bonchev–Trinajstić information content (AvgIpc) is 3.52. The smallest absolute Gasteiger partial charge is 0.270 e. The van der Waals surface area contributed by atoms with E-state index in [2.05, 4.69) is 21.4 Å². The lowest BCUT2D eigenvalue weighted by Crippen LogP contribution is -2.46. The molecule has 1 aliphatic heterocycles. The number of nitrogens with zero attached hydrogens (tertiary/aromatic N) is 3. The molecule has 7 nitrogen and oxygen atoms in total. The Labute approximate surface area is 177 Å². The zero-order chi connectivity index (χ0) is 20.5. The first-order valence-electron chi connectivity index (χ1n) is 9.87. The minimum absolute atomic E-state index is 0.0973. The maximum atomic E-state index is 13.2. The van der Waals surface area contributed by atoms with E-state index in [1.54, 1.807) is 28.8 Å². The van der Waals surface area contributed by atoms with Crippen LogP contribution in [0.3, 0.4) is 0 Å². The Hall–Kier alpha value is -3.39. The van der Waals surface area contributed by atoms with E-state index in [1.807, 2.05) is 46.3 Å². The number of nitrogens with one attached hydrogen (secondary N) is 2. The molecule has 2 amide bonds. The molecule has 2 N–H and O–H groups in total. The minimum Gasteiger partial charge on any atom is -0.354 e. The highest BCUT2D eigenvalue weighted by Crippen LogP contribution is 2.24. The molecule has 5 rings (SSSR count). The zero-order valence-electron chi connectivity index (χ0n) is 16.2. The number of hydrogen-bond acceptors (Lipinski definition) is 4. The highest BCUT2D eigenvalue weighted by molar-refractivity contribution is 7.09. The number of aromatic amines is 1. The molecule has 1 aromatic carbocycles. The van der Waals surface area contributed by atoms with Crippen molar-refractivity contribution in [2.75, 3.05) is 13.1 Å². The van der Waals surface area contributed by atoms with Crippen LogP contribution in [0.5, 0.6) is 0 Å². The van der Waals surface area contributed by atoms with Crippen molar-refractivity contribution in [3.8, 4) is 0 Å². The Bertz CT molecular complexity index is 1160. The maximum absolute atomic E-state index is 13.2. The van der Waals surface area contributed by atoms with Gasteiger partial charge in [-0.1, -0.05) is 24.3 Å². The van der Waals surface area contributed by atoms with Crippen molar-refractivity contribution >= 4 is 34.1 Å². The molecule has 0 saturated heterocycles. The van der Waals surface area contributed by atoms with Crippen molar-refractivity contribution in [2.45, 2.75) is 19.0 Å². The lowest BCUT2D eigenvalue weighted by molar-refractivity contribution is -0.125. The lowest BCUT2D eigenvalue weighted by atomic mass is 10.1. The van der Waals surface area contributed by atoms with Crippen LogP contribution in [0.15, 0.2) is 60.4 Å². The number of imidazole rings is 1. The van der Waals surface area contributed by atoms with Crippen LogP contribution in [-0.4, -0.2) is 44.3 Å². The molecule has 152 valence electrons. The second-order valence-electron chi connectivity index (χ2n) is 7.38. The molecule has 0 spiro atoms. The molecule has 1 atom stereocenters. The first-order valence-corrected chi connectivity index (χ1v) is 10.7. The molecule has 1 aliphatic rings. The molecule has 4 aromatic rings. The maximum Gasteiger partial charge on any atom is 0.270 e. The van der Waals surface area contributed by atoms with Gasteiger partial charge < -0.3 is 19.8 Å². The fraction of sp³-hybridized carbons (Fsp3) is 0.227. The molecule has 0 radical (unpaired) electrons. The molecule has 0 bridgehead atoms. The Morgan fingerprint density at radius 2 is 2.13 bits per heavy atom. The van der Waals surface area contributed by atoms with Crippen molar-refractivity contribution < 1.29 is 9.59 Å². The summed E-state index contributed by atoms with van der Waals surface area (Å²) in [6.45, 7) is 1.30. The van der Waals surface area contributed by atoms with E-state index in [-0.39, 0.29) is 11.8 Å². The molecule has 4 heterocycles. The largest absolute Gasteiger partial charge is 0.354 e. The molecule has 8 heteroatoms. The van der Waals surface area contributed by atoms with Crippen molar-refractivity contribution in [1.82, 2.24) is 24.8 Å². The van der Waals surface area contributed by atoms with E-state index >= 15 is 0 Å². The number of carbonyl (C=O) groups excluding carboxylic acids is 2. The fourth-order valence-electron chi connectivity index (χ4n) is 3.90. The van der Waals surface area contributed by atoms with Gasteiger partial charge in [-0.3, -0.25) is 9.59 Å². The van der Waals surface area contributed by atoms with E-state index in [0.717, 1.165) is 23.0 Å². The summed E-state index contributed by atoms with van der Waals surface area (Å²) in [6, 6.07) is 13.2. The summed E-state index contributed by atoms with van der Waals surface area (Å²) in [4.78, 5) is 36.4. The van der Waals surface area contributed by atoms with Crippen LogP contribution in [-0.2, 0) is 17.8 Å². The zero-order valence-corrected chi connectivity index (χ0v) is 17.1. The minimum atomic E-state index is -0.493. The van der Waals surface area contributed by atoms with Crippen LogP contribution in [0.4, 0.5) is 0 Å². The van der Waals surface area contributed by atoms with Gasteiger partial charge in [0.2, 0.25) is 5.91 Å². The standard InChI is InChI=1S/C22H21N5O2S/c28-21(24-8-7-17-5-3-9-30-17)20-13-26(12-16-11-23-14-27(16)20)22(29)19-10-15-4-1-2-6-18(15)25-19/h1-6,9-11,14,20,25H,7-8,12-13H2,(H,24,28)/t20-/m1/s1. The number of thiophene rings is 1. The van der Waals surface area contributed by atoms with E-state index in [9.17, 15) is 9.59 Å². The summed E-state index contributed by atoms with van der Waals surface area (Å²) in [5, 5.41) is 6.04. The SMILES string of the molecule is O=C(NCCc1cccs1)[C@H]1CN(C(=O)c2cc3ccccc3[nH]2)Cc2cncn21. The van der Waals surface area contributed by atoms with Crippen LogP contribution in [0, 0.1) is 0 Å². The van der Waals surface area contributed by atoms with Crippen molar-refractivity contribution in [3.63, 3.8) is 0 Å². The predicted octanol–water partition coefficient (Wildman–Crippen LogP) is 2.98. The average molecular weight is 420 g/mol. The molecule has 0 fully saturated rings. The fourth-order valence-corrected chi connectivity index (χ4v) is 4.61. The second-order valence-corrected chi connectivity index (χ2v) is 8.42. The van der Waals surface area contributed by atoms with Gasteiger partial charge in [0.1, 0.15) is 11.7 Å². The Balaban J connectivity index is 1.32. The number of rotatable bonds is 5. The number of para-hydroxylation sites is 1. The Morgan fingerprint density at radius 3 is 2.97 bits per heavy atom. The van der Waals surface area contributed by atoms with Gasteiger partial charge in [0.25, 0.3) is 5.91 Å². The quantitative estimate of drug-likeness (QED) is 0.522. The van der Waals surface area contributed by atoms with Crippen LogP contribution >= 0.6 is 11.3 Å². The van der Waals surface area contributed by atoms with E-state index in [1.165, 1.54) is 4.88 Å². The van der Waals surface area contributed by atoms with Gasteiger partial charge in [-0.05, 0) is 30.0 Å². The van der Waals surface area contributed by atoms with Crippen molar-refractivity contribution in [2.24, 2.45) is 0 Å². The summed E-state index contributed by atoms with van der Waals surface area (Å²) < 4.78 is 1.87. The molecular formula is C22H21N5O2S.